The Morgan fingerprint density at radius 3 is 2.71 bits per heavy atom. The van der Waals surface area contributed by atoms with E-state index in [9.17, 15) is 0 Å². The molecule has 0 aromatic carbocycles. The van der Waals surface area contributed by atoms with Crippen molar-refractivity contribution in [2.24, 2.45) is 0 Å². The van der Waals surface area contributed by atoms with E-state index in [1.165, 1.54) is 0 Å². The van der Waals surface area contributed by atoms with Gasteiger partial charge in [-0.3, -0.25) is 0 Å². The zero-order valence-electron chi connectivity index (χ0n) is 3.63. The molecule has 0 saturated carbocycles. The van der Waals surface area contributed by atoms with Gasteiger partial charge in [0, 0.05) is 0 Å². The lowest BCUT2D eigenvalue weighted by Gasteiger charge is -1.96. The van der Waals surface area contributed by atoms with Crippen LogP contribution in [0.3, 0.4) is 0 Å². The van der Waals surface area contributed by atoms with Crippen molar-refractivity contribution in [3.63, 3.8) is 0 Å². The highest BCUT2D eigenvalue weighted by Crippen LogP contribution is 1.81. The zero-order valence-corrected chi connectivity index (χ0v) is 4.52. The molecule has 0 fully saturated rings. The van der Waals surface area contributed by atoms with Gasteiger partial charge < -0.3 is 10.4 Å². The quantitative estimate of drug-likeness (QED) is 0.194. The predicted octanol–water partition coefficient (Wildman–Crippen LogP) is -0.695. The first-order chi connectivity index (χ1) is 3.27. The van der Waals surface area contributed by atoms with Crippen molar-refractivity contribution in [3.8, 4) is 6.19 Å². The summed E-state index contributed by atoms with van der Waals surface area (Å²) >= 11 is 3.57. The average molecular weight is 118 g/mol. The molecule has 0 spiro atoms. The molecule has 1 atom stereocenters. The molecular formula is C3H6N2OS. The third-order valence-corrected chi connectivity index (χ3v) is 0.546. The van der Waals surface area contributed by atoms with Gasteiger partial charge >= 0.3 is 0 Å². The second-order valence-electron chi connectivity index (χ2n) is 0.973. The Balaban J connectivity index is 2.86. The highest BCUT2D eigenvalue weighted by molar-refractivity contribution is 7.80. The van der Waals surface area contributed by atoms with Gasteiger partial charge in [-0.2, -0.15) is 5.26 Å². The van der Waals surface area contributed by atoms with Crippen molar-refractivity contribution in [1.82, 2.24) is 5.32 Å². The molecule has 7 heavy (non-hydrogen) atoms. The topological polar surface area (TPSA) is 56.0 Å². The van der Waals surface area contributed by atoms with Crippen LogP contribution in [0.5, 0.6) is 0 Å². The summed E-state index contributed by atoms with van der Waals surface area (Å²) in [4.78, 5) is 0. The fourth-order valence-corrected chi connectivity index (χ4v) is 0.228. The number of hydrogen-bond donors (Lipinski definition) is 3. The first-order valence-corrected chi connectivity index (χ1v) is 2.27. The van der Waals surface area contributed by atoms with E-state index < -0.39 is 5.44 Å². The first-order valence-electron chi connectivity index (χ1n) is 1.75. The van der Waals surface area contributed by atoms with Gasteiger partial charge in [-0.15, -0.1) is 12.6 Å². The second-order valence-corrected chi connectivity index (χ2v) is 1.57. The molecule has 1 unspecified atom stereocenters. The predicted molar refractivity (Wildman–Crippen MR) is 28.6 cm³/mol. The first kappa shape index (κ1) is 6.60. The minimum atomic E-state index is -0.736. The van der Waals surface area contributed by atoms with Crippen LogP contribution in [0.25, 0.3) is 0 Å². The van der Waals surface area contributed by atoms with E-state index in [0.717, 1.165) is 0 Å². The van der Waals surface area contributed by atoms with Crippen LogP contribution in [0.4, 0.5) is 0 Å². The van der Waals surface area contributed by atoms with E-state index in [-0.39, 0.29) is 6.54 Å². The molecule has 0 aromatic heterocycles. The van der Waals surface area contributed by atoms with Crippen LogP contribution in [-0.4, -0.2) is 17.1 Å². The number of thiol groups is 1. The number of nitrogens with zero attached hydrogens (tertiary/aromatic N) is 1. The summed E-state index contributed by atoms with van der Waals surface area (Å²) in [6.45, 7) is 0.208. The highest BCUT2D eigenvalue weighted by Gasteiger charge is 1.89. The van der Waals surface area contributed by atoms with Gasteiger partial charge in [0.25, 0.3) is 0 Å². The maximum Gasteiger partial charge on any atom is 0.176 e. The standard InChI is InChI=1S/C3H6N2OS/c4-2-5-1-3(6)7/h3,5-7H,1H2. The van der Waals surface area contributed by atoms with Crippen molar-refractivity contribution >= 4 is 12.6 Å². The van der Waals surface area contributed by atoms with E-state index in [1.807, 2.05) is 0 Å². The lowest BCUT2D eigenvalue weighted by Crippen LogP contribution is -2.17. The van der Waals surface area contributed by atoms with E-state index in [2.05, 4.69) is 17.9 Å². The third-order valence-electron chi connectivity index (χ3n) is 0.364. The monoisotopic (exact) mass is 118 g/mol. The summed E-state index contributed by atoms with van der Waals surface area (Å²) in [5.41, 5.74) is -0.736. The minimum absolute atomic E-state index is 0.208. The Morgan fingerprint density at radius 2 is 2.57 bits per heavy atom. The summed E-state index contributed by atoms with van der Waals surface area (Å²) in [5.74, 6) is 0. The molecule has 0 aliphatic heterocycles. The summed E-state index contributed by atoms with van der Waals surface area (Å²) in [7, 11) is 0. The largest absolute Gasteiger partial charge is 0.381 e. The van der Waals surface area contributed by atoms with Crippen molar-refractivity contribution in [2.75, 3.05) is 6.54 Å². The maximum absolute atomic E-state index is 8.33. The van der Waals surface area contributed by atoms with Crippen LogP contribution in [0.15, 0.2) is 0 Å². The number of aliphatic hydroxyl groups is 1. The molecule has 0 rings (SSSR count). The van der Waals surface area contributed by atoms with Crippen LogP contribution < -0.4 is 5.32 Å². The van der Waals surface area contributed by atoms with E-state index in [1.54, 1.807) is 6.19 Å². The Bertz CT molecular complexity index is 77.5. The van der Waals surface area contributed by atoms with Crippen LogP contribution >= 0.6 is 12.6 Å². The number of nitrogens with one attached hydrogen (secondary N) is 1. The molecule has 0 radical (unpaired) electrons. The van der Waals surface area contributed by atoms with E-state index >= 15 is 0 Å². The molecule has 0 amide bonds. The molecule has 3 nitrogen and oxygen atoms in total. The highest BCUT2D eigenvalue weighted by atomic mass is 32.1. The second kappa shape index (κ2) is 3.78. The van der Waals surface area contributed by atoms with E-state index in [4.69, 9.17) is 10.4 Å². The van der Waals surface area contributed by atoms with Gasteiger partial charge in [-0.1, -0.05) is 0 Å². The molecule has 2 N–H and O–H groups in total. The van der Waals surface area contributed by atoms with Crippen molar-refractivity contribution in [2.45, 2.75) is 5.44 Å². The van der Waals surface area contributed by atoms with Gasteiger partial charge in [0.15, 0.2) is 6.19 Å². The normalized spacial score (nSPS) is 12.1. The Morgan fingerprint density at radius 1 is 2.00 bits per heavy atom. The van der Waals surface area contributed by atoms with Gasteiger partial charge in [0.05, 0.1) is 6.54 Å². The molecule has 0 bridgehead atoms. The summed E-state index contributed by atoms with van der Waals surface area (Å²) < 4.78 is 0. The molecular weight excluding hydrogens is 112 g/mol. The minimum Gasteiger partial charge on any atom is -0.381 e. The van der Waals surface area contributed by atoms with Gasteiger partial charge in [0.1, 0.15) is 5.44 Å². The van der Waals surface area contributed by atoms with Crippen molar-refractivity contribution in [1.29, 1.82) is 5.26 Å². The Hall–Kier alpha value is -0.400. The van der Waals surface area contributed by atoms with Gasteiger partial charge in [-0.05, 0) is 0 Å². The smallest absolute Gasteiger partial charge is 0.176 e. The van der Waals surface area contributed by atoms with Crippen LogP contribution in [0.2, 0.25) is 0 Å². The summed E-state index contributed by atoms with van der Waals surface area (Å²) in [5, 5.41) is 18.4. The fourth-order valence-electron chi connectivity index (χ4n) is 0.137. The number of aliphatic hydroxyl groups excluding tert-OH is 1. The SMILES string of the molecule is N#CNCC(O)S. The number of hydrogen-bond acceptors (Lipinski definition) is 4. The molecule has 4 heteroatoms. The lowest BCUT2D eigenvalue weighted by atomic mass is 10.7. The number of rotatable bonds is 2. The van der Waals surface area contributed by atoms with Crippen LogP contribution in [-0.2, 0) is 0 Å². The number of nitriles is 1. The Kier molecular flexibility index (Phi) is 3.56. The van der Waals surface area contributed by atoms with Crippen molar-refractivity contribution < 1.29 is 5.11 Å². The van der Waals surface area contributed by atoms with Gasteiger partial charge in [-0.25, -0.2) is 0 Å². The molecule has 0 aliphatic rings. The average Bonchev–Trinajstić information content (AvgIpc) is 1.61. The van der Waals surface area contributed by atoms with Gasteiger partial charge in [0.2, 0.25) is 0 Å². The third kappa shape index (κ3) is 5.60. The molecule has 40 valence electrons. The molecule has 0 aromatic rings. The zero-order chi connectivity index (χ0) is 5.70. The van der Waals surface area contributed by atoms with Crippen LogP contribution in [0.1, 0.15) is 0 Å². The molecule has 0 heterocycles. The lowest BCUT2D eigenvalue weighted by molar-refractivity contribution is 0.266. The Labute approximate surface area is 47.4 Å². The van der Waals surface area contributed by atoms with E-state index in [0.29, 0.717) is 0 Å². The maximum atomic E-state index is 8.33. The summed E-state index contributed by atoms with van der Waals surface area (Å²) in [6, 6.07) is 0. The molecule has 0 saturated heterocycles. The fraction of sp³-hybridized carbons (Fsp3) is 0.667. The molecule has 0 aliphatic carbocycles. The van der Waals surface area contributed by atoms with Crippen molar-refractivity contribution in [3.05, 3.63) is 0 Å². The summed E-state index contributed by atoms with van der Waals surface area (Å²) in [6.07, 6.45) is 1.64. The van der Waals surface area contributed by atoms with Crippen LogP contribution in [0, 0.1) is 11.5 Å².